The van der Waals surface area contributed by atoms with Gasteiger partial charge in [-0.1, -0.05) is 225 Å². The van der Waals surface area contributed by atoms with E-state index in [1.54, 1.807) is 0 Å². The summed E-state index contributed by atoms with van der Waals surface area (Å²) in [6.07, 6.45) is 75.9. The molecule has 0 rings (SSSR count). The summed E-state index contributed by atoms with van der Waals surface area (Å²) in [5, 5.41) is 0. The van der Waals surface area contributed by atoms with Gasteiger partial charge in [0.15, 0.2) is 6.10 Å². The average molecular weight is 925 g/mol. The monoisotopic (exact) mass is 925 g/mol. The van der Waals surface area contributed by atoms with Crippen molar-refractivity contribution in [2.45, 2.75) is 219 Å². The van der Waals surface area contributed by atoms with Crippen LogP contribution in [0, 0.1) is 0 Å². The standard InChI is InChI=1S/C61H96O6/c1-4-7-10-13-16-19-22-24-26-28-30-32-34-36-39-42-45-48-51-54-60(63)66-57-58(56-65-59(62)53-50-47-44-41-38-21-18-15-12-9-6-3)67-61(64)55-52-49-46-43-40-37-35-33-31-29-27-25-23-20-17-14-11-8-5-2/h7-8,10-11,16-17,19-20,24-27,30-33,36-37,39-40,46,49,58H,4-6,9,12-15,18,21-23,28-29,34-35,38,41-45,47-48,50-57H2,1-3H3/b10-7-,11-8-,19-16-,20-17-,26-24-,27-25-,32-30-,33-31-,39-36-,40-37-,49-46-/t58-/m0/s1. The molecular weight excluding hydrogens is 829 g/mol. The molecule has 0 heterocycles. The third-order valence-electron chi connectivity index (χ3n) is 10.7. The predicted molar refractivity (Wildman–Crippen MR) is 288 cm³/mol. The lowest BCUT2D eigenvalue weighted by atomic mass is 10.1. The molecule has 376 valence electrons. The topological polar surface area (TPSA) is 78.9 Å². The van der Waals surface area contributed by atoms with Gasteiger partial charge in [-0.2, -0.15) is 0 Å². The molecule has 0 bridgehead atoms. The van der Waals surface area contributed by atoms with E-state index in [1.807, 2.05) is 12.2 Å². The van der Waals surface area contributed by atoms with E-state index in [0.717, 1.165) is 116 Å². The molecule has 0 N–H and O–H groups in total. The van der Waals surface area contributed by atoms with Gasteiger partial charge in [-0.05, 0) is 103 Å². The van der Waals surface area contributed by atoms with E-state index < -0.39 is 12.1 Å². The number of carbonyl (C=O) groups excluding carboxylic acids is 3. The fraction of sp³-hybridized carbons (Fsp3) is 0.590. The summed E-state index contributed by atoms with van der Waals surface area (Å²) in [7, 11) is 0. The Morgan fingerprint density at radius 1 is 0.313 bits per heavy atom. The minimum atomic E-state index is -0.835. The molecule has 0 spiro atoms. The van der Waals surface area contributed by atoms with Crippen molar-refractivity contribution in [2.24, 2.45) is 0 Å². The Morgan fingerprint density at radius 2 is 0.612 bits per heavy atom. The Labute approximate surface area is 411 Å². The van der Waals surface area contributed by atoms with Crippen LogP contribution in [0.5, 0.6) is 0 Å². The smallest absolute Gasteiger partial charge is 0.306 e. The van der Waals surface area contributed by atoms with Gasteiger partial charge in [0, 0.05) is 19.3 Å². The van der Waals surface area contributed by atoms with Crippen LogP contribution in [-0.2, 0) is 28.6 Å². The summed E-state index contributed by atoms with van der Waals surface area (Å²) < 4.78 is 16.7. The molecule has 0 aliphatic carbocycles. The maximum atomic E-state index is 12.8. The van der Waals surface area contributed by atoms with Crippen molar-refractivity contribution in [2.75, 3.05) is 13.2 Å². The highest BCUT2D eigenvalue weighted by molar-refractivity contribution is 5.71. The lowest BCUT2D eigenvalue weighted by Gasteiger charge is -2.18. The largest absolute Gasteiger partial charge is 0.462 e. The maximum Gasteiger partial charge on any atom is 0.306 e. The Kier molecular flexibility index (Phi) is 50.6. The number of carbonyl (C=O) groups is 3. The van der Waals surface area contributed by atoms with Crippen LogP contribution in [0.4, 0.5) is 0 Å². The summed E-state index contributed by atoms with van der Waals surface area (Å²) in [4.78, 5) is 38.0. The Hall–Kier alpha value is -4.45. The summed E-state index contributed by atoms with van der Waals surface area (Å²) in [6, 6.07) is 0. The Bertz CT molecular complexity index is 1480. The Morgan fingerprint density at radius 3 is 0.970 bits per heavy atom. The highest BCUT2D eigenvalue weighted by Crippen LogP contribution is 2.13. The van der Waals surface area contributed by atoms with Crippen LogP contribution >= 0.6 is 0 Å². The number of hydrogen-bond acceptors (Lipinski definition) is 6. The number of hydrogen-bond donors (Lipinski definition) is 0. The first-order valence-corrected chi connectivity index (χ1v) is 26.7. The van der Waals surface area contributed by atoms with Gasteiger partial charge in [-0.3, -0.25) is 14.4 Å². The first-order chi connectivity index (χ1) is 33.0. The molecule has 0 aromatic rings. The maximum absolute atomic E-state index is 12.8. The van der Waals surface area contributed by atoms with Crippen molar-refractivity contribution < 1.29 is 28.6 Å². The molecule has 67 heavy (non-hydrogen) atoms. The first kappa shape index (κ1) is 62.5. The van der Waals surface area contributed by atoms with E-state index in [-0.39, 0.29) is 31.6 Å². The minimum Gasteiger partial charge on any atom is -0.462 e. The summed E-state index contributed by atoms with van der Waals surface area (Å²) in [5.41, 5.74) is 0. The Balaban J connectivity index is 4.57. The van der Waals surface area contributed by atoms with E-state index >= 15 is 0 Å². The van der Waals surface area contributed by atoms with Crippen molar-refractivity contribution in [1.29, 1.82) is 0 Å². The van der Waals surface area contributed by atoms with Gasteiger partial charge in [0.05, 0.1) is 0 Å². The molecule has 6 nitrogen and oxygen atoms in total. The molecule has 0 aliphatic rings. The molecule has 0 saturated carbocycles. The highest BCUT2D eigenvalue weighted by atomic mass is 16.6. The van der Waals surface area contributed by atoms with Crippen LogP contribution in [0.25, 0.3) is 0 Å². The number of rotatable bonds is 46. The molecule has 6 heteroatoms. The summed E-state index contributed by atoms with van der Waals surface area (Å²) >= 11 is 0. The molecule has 0 unspecified atom stereocenters. The SMILES string of the molecule is CC/C=C\C/C=C\C/C=C\C/C=C\C/C=C\C/C=C\CCC(=O)O[C@H](COC(=O)CCCCC/C=C\C/C=C\C/C=C\C/C=C\C/C=C\CC)COC(=O)CCCCCCCCCCCCC. The molecule has 0 aromatic heterocycles. The molecule has 0 radical (unpaired) electrons. The summed E-state index contributed by atoms with van der Waals surface area (Å²) in [6.45, 7) is 6.29. The van der Waals surface area contributed by atoms with Gasteiger partial charge < -0.3 is 14.2 Å². The normalized spacial score (nSPS) is 13.2. The van der Waals surface area contributed by atoms with Crippen molar-refractivity contribution in [3.63, 3.8) is 0 Å². The van der Waals surface area contributed by atoms with Crippen LogP contribution in [0.1, 0.15) is 213 Å². The van der Waals surface area contributed by atoms with Crippen LogP contribution in [-0.4, -0.2) is 37.2 Å². The molecule has 0 saturated heterocycles. The summed E-state index contributed by atoms with van der Waals surface area (Å²) in [5.74, 6) is -1.05. The van der Waals surface area contributed by atoms with Crippen molar-refractivity contribution in [1.82, 2.24) is 0 Å². The second kappa shape index (κ2) is 54.2. The zero-order valence-electron chi connectivity index (χ0n) is 42.9. The van der Waals surface area contributed by atoms with Gasteiger partial charge in [-0.15, -0.1) is 0 Å². The third-order valence-corrected chi connectivity index (χ3v) is 10.7. The van der Waals surface area contributed by atoms with E-state index in [9.17, 15) is 14.4 Å². The number of ether oxygens (including phenoxy) is 3. The number of esters is 3. The molecular formula is C61H96O6. The van der Waals surface area contributed by atoms with Gasteiger partial charge in [0.1, 0.15) is 13.2 Å². The zero-order valence-corrected chi connectivity index (χ0v) is 42.9. The van der Waals surface area contributed by atoms with Gasteiger partial charge >= 0.3 is 17.9 Å². The predicted octanol–water partition coefficient (Wildman–Crippen LogP) is 17.9. The van der Waals surface area contributed by atoms with Crippen LogP contribution in [0.15, 0.2) is 134 Å². The molecule has 0 amide bonds. The fourth-order valence-corrected chi connectivity index (χ4v) is 6.73. The molecule has 0 aromatic carbocycles. The quantitative estimate of drug-likeness (QED) is 0.0262. The third kappa shape index (κ3) is 52.4. The molecule has 0 fully saturated rings. The van der Waals surface area contributed by atoms with Gasteiger partial charge in [-0.25, -0.2) is 0 Å². The van der Waals surface area contributed by atoms with Crippen LogP contribution in [0.2, 0.25) is 0 Å². The fourth-order valence-electron chi connectivity index (χ4n) is 6.73. The van der Waals surface area contributed by atoms with Crippen molar-refractivity contribution >= 4 is 17.9 Å². The molecule has 0 aliphatic heterocycles. The van der Waals surface area contributed by atoms with Crippen LogP contribution < -0.4 is 0 Å². The van der Waals surface area contributed by atoms with E-state index in [2.05, 4.69) is 142 Å². The number of unbranched alkanes of at least 4 members (excludes halogenated alkanes) is 13. The first-order valence-electron chi connectivity index (χ1n) is 26.7. The van der Waals surface area contributed by atoms with E-state index in [4.69, 9.17) is 14.2 Å². The van der Waals surface area contributed by atoms with Gasteiger partial charge in [0.25, 0.3) is 0 Å². The minimum absolute atomic E-state index is 0.122. The van der Waals surface area contributed by atoms with E-state index in [1.165, 1.54) is 51.4 Å². The van der Waals surface area contributed by atoms with Crippen molar-refractivity contribution in [3.05, 3.63) is 134 Å². The second-order valence-corrected chi connectivity index (χ2v) is 17.0. The van der Waals surface area contributed by atoms with Crippen LogP contribution in [0.3, 0.4) is 0 Å². The number of allylic oxidation sites excluding steroid dienone is 22. The zero-order chi connectivity index (χ0) is 48.6. The lowest BCUT2D eigenvalue weighted by molar-refractivity contribution is -0.166. The van der Waals surface area contributed by atoms with E-state index in [0.29, 0.717) is 19.3 Å². The lowest BCUT2D eigenvalue weighted by Crippen LogP contribution is -2.30. The molecule has 1 atom stereocenters. The average Bonchev–Trinajstić information content (AvgIpc) is 3.33. The highest BCUT2D eigenvalue weighted by Gasteiger charge is 2.19. The second-order valence-electron chi connectivity index (χ2n) is 17.0. The van der Waals surface area contributed by atoms with Crippen molar-refractivity contribution in [3.8, 4) is 0 Å². The van der Waals surface area contributed by atoms with Gasteiger partial charge in [0.2, 0.25) is 0 Å².